The fraction of sp³-hybridized carbons (Fsp3) is 0.467. The second kappa shape index (κ2) is 6.03. The molecule has 5 nitrogen and oxygen atoms in total. The third-order valence-corrected chi connectivity index (χ3v) is 4.19. The lowest BCUT2D eigenvalue weighted by Crippen LogP contribution is -2.53. The van der Waals surface area contributed by atoms with Crippen LogP contribution in [0.2, 0.25) is 5.02 Å². The molecule has 2 rings (SSSR count). The predicted molar refractivity (Wildman–Crippen MR) is 81.8 cm³/mol. The number of carboxylic acid groups (broad SMARTS) is 1. The highest BCUT2D eigenvalue weighted by atomic mass is 35.5. The lowest BCUT2D eigenvalue weighted by Gasteiger charge is -2.38. The number of rotatable bonds is 3. The standard InChI is InChI=1S/C15H19ClN2O3/c1-15(2)6-3-7-17-12(15)13(19)18-11-8-9(14(20)21)4-5-10(11)16/h4-5,8,12,17H,3,6-7H2,1-2H3,(H,18,19)(H,20,21). The van der Waals surface area contributed by atoms with Crippen LogP contribution in [0.15, 0.2) is 18.2 Å². The number of benzene rings is 1. The maximum absolute atomic E-state index is 12.4. The molecule has 1 aliphatic heterocycles. The second-order valence-electron chi connectivity index (χ2n) is 5.97. The Labute approximate surface area is 128 Å². The minimum absolute atomic E-state index is 0.0885. The number of carbonyl (C=O) groups excluding carboxylic acids is 1. The van der Waals surface area contributed by atoms with Gasteiger partial charge >= 0.3 is 5.97 Å². The highest BCUT2D eigenvalue weighted by molar-refractivity contribution is 6.34. The molecule has 0 radical (unpaired) electrons. The summed E-state index contributed by atoms with van der Waals surface area (Å²) in [5, 5.41) is 15.3. The summed E-state index contributed by atoms with van der Waals surface area (Å²) in [7, 11) is 0. The van der Waals surface area contributed by atoms with Crippen molar-refractivity contribution in [3.8, 4) is 0 Å². The minimum Gasteiger partial charge on any atom is -0.478 e. The molecule has 6 heteroatoms. The van der Waals surface area contributed by atoms with Crippen LogP contribution in [0.25, 0.3) is 0 Å². The molecule has 3 N–H and O–H groups in total. The van der Waals surface area contributed by atoms with Crippen LogP contribution in [0.1, 0.15) is 37.0 Å². The van der Waals surface area contributed by atoms with Crippen molar-refractivity contribution >= 4 is 29.2 Å². The number of halogens is 1. The van der Waals surface area contributed by atoms with Gasteiger partial charge in [0.2, 0.25) is 5.91 Å². The summed E-state index contributed by atoms with van der Waals surface area (Å²) in [5.41, 5.74) is 0.259. The zero-order valence-corrected chi connectivity index (χ0v) is 12.8. The number of carboxylic acids is 1. The minimum atomic E-state index is -1.06. The molecule has 1 unspecified atom stereocenters. The number of hydrogen-bond acceptors (Lipinski definition) is 3. The van der Waals surface area contributed by atoms with E-state index in [-0.39, 0.29) is 22.9 Å². The Bertz CT molecular complexity index is 572. The van der Waals surface area contributed by atoms with Crippen LogP contribution in [0, 0.1) is 5.41 Å². The number of hydrogen-bond donors (Lipinski definition) is 3. The summed E-state index contributed by atoms with van der Waals surface area (Å²) in [6, 6.07) is 3.93. The zero-order chi connectivity index (χ0) is 15.6. The molecule has 0 aromatic heterocycles. The second-order valence-corrected chi connectivity index (χ2v) is 6.38. The van der Waals surface area contributed by atoms with E-state index in [4.69, 9.17) is 16.7 Å². The zero-order valence-electron chi connectivity index (χ0n) is 12.1. The van der Waals surface area contributed by atoms with Crippen molar-refractivity contribution in [3.63, 3.8) is 0 Å². The molecule has 1 aliphatic rings. The summed E-state index contributed by atoms with van der Waals surface area (Å²) in [6.07, 6.45) is 1.99. The Morgan fingerprint density at radius 3 is 2.76 bits per heavy atom. The van der Waals surface area contributed by atoms with Gasteiger partial charge in [0.1, 0.15) is 0 Å². The third-order valence-electron chi connectivity index (χ3n) is 3.86. The number of anilines is 1. The maximum atomic E-state index is 12.4. The lowest BCUT2D eigenvalue weighted by atomic mass is 9.77. The van der Waals surface area contributed by atoms with E-state index in [0.29, 0.717) is 10.7 Å². The number of nitrogens with one attached hydrogen (secondary N) is 2. The van der Waals surface area contributed by atoms with Gasteiger partial charge in [-0.3, -0.25) is 4.79 Å². The number of amides is 1. The molecule has 1 fully saturated rings. The molecule has 0 saturated carbocycles. The number of aromatic carboxylic acids is 1. The molecular formula is C15H19ClN2O3. The van der Waals surface area contributed by atoms with Crippen molar-refractivity contribution in [1.29, 1.82) is 0 Å². The molecule has 1 atom stereocenters. The molecule has 21 heavy (non-hydrogen) atoms. The summed E-state index contributed by atoms with van der Waals surface area (Å²) < 4.78 is 0. The average Bonchev–Trinajstić information content (AvgIpc) is 2.40. The van der Waals surface area contributed by atoms with Gasteiger partial charge < -0.3 is 15.7 Å². The molecular weight excluding hydrogens is 292 g/mol. The van der Waals surface area contributed by atoms with Gasteiger partial charge in [-0.15, -0.1) is 0 Å². The van der Waals surface area contributed by atoms with Crippen molar-refractivity contribution in [3.05, 3.63) is 28.8 Å². The van der Waals surface area contributed by atoms with Crippen molar-refractivity contribution in [2.75, 3.05) is 11.9 Å². The number of piperidine rings is 1. The van der Waals surface area contributed by atoms with E-state index in [1.165, 1.54) is 18.2 Å². The summed E-state index contributed by atoms with van der Waals surface area (Å²) in [6.45, 7) is 4.88. The molecule has 1 amide bonds. The van der Waals surface area contributed by atoms with Gasteiger partial charge in [-0.25, -0.2) is 4.79 Å². The maximum Gasteiger partial charge on any atom is 0.335 e. The van der Waals surface area contributed by atoms with Gasteiger partial charge in [0.05, 0.1) is 22.3 Å². The molecule has 1 aromatic carbocycles. The fourth-order valence-corrected chi connectivity index (χ4v) is 2.78. The van der Waals surface area contributed by atoms with Crippen LogP contribution < -0.4 is 10.6 Å². The van der Waals surface area contributed by atoms with Gasteiger partial charge in [0, 0.05) is 0 Å². The van der Waals surface area contributed by atoms with Crippen molar-refractivity contribution in [2.45, 2.75) is 32.7 Å². The first kappa shape index (κ1) is 15.8. The van der Waals surface area contributed by atoms with E-state index in [1.807, 2.05) is 13.8 Å². The van der Waals surface area contributed by atoms with Gasteiger partial charge in [-0.1, -0.05) is 25.4 Å². The SMILES string of the molecule is CC1(C)CCCNC1C(=O)Nc1cc(C(=O)O)ccc1Cl. The Kier molecular flexibility index (Phi) is 4.54. The normalized spacial score (nSPS) is 20.8. The molecule has 0 spiro atoms. The van der Waals surface area contributed by atoms with E-state index >= 15 is 0 Å². The molecule has 0 aliphatic carbocycles. The predicted octanol–water partition coefficient (Wildman–Crippen LogP) is 2.75. The van der Waals surface area contributed by atoms with Crippen LogP contribution in [0.4, 0.5) is 5.69 Å². The lowest BCUT2D eigenvalue weighted by molar-refractivity contribution is -0.121. The van der Waals surface area contributed by atoms with E-state index in [2.05, 4.69) is 10.6 Å². The van der Waals surface area contributed by atoms with Crippen molar-refractivity contribution < 1.29 is 14.7 Å². The van der Waals surface area contributed by atoms with Gasteiger partial charge in [0.15, 0.2) is 0 Å². The Balaban J connectivity index is 2.19. The topological polar surface area (TPSA) is 78.4 Å². The van der Waals surface area contributed by atoms with Crippen molar-refractivity contribution in [2.24, 2.45) is 5.41 Å². The van der Waals surface area contributed by atoms with E-state index in [1.54, 1.807) is 0 Å². The Morgan fingerprint density at radius 2 is 2.14 bits per heavy atom. The summed E-state index contributed by atoms with van der Waals surface area (Å²) in [5.74, 6) is -1.25. The van der Waals surface area contributed by atoms with E-state index in [9.17, 15) is 9.59 Å². The van der Waals surface area contributed by atoms with E-state index in [0.717, 1.165) is 19.4 Å². The molecule has 1 saturated heterocycles. The Hall–Kier alpha value is -1.59. The van der Waals surface area contributed by atoms with Crippen LogP contribution in [0.3, 0.4) is 0 Å². The first-order valence-electron chi connectivity index (χ1n) is 6.88. The van der Waals surface area contributed by atoms with Gasteiger partial charge in [-0.2, -0.15) is 0 Å². The molecule has 1 heterocycles. The molecule has 114 valence electrons. The summed E-state index contributed by atoms with van der Waals surface area (Å²) in [4.78, 5) is 23.4. The third kappa shape index (κ3) is 3.54. The summed E-state index contributed by atoms with van der Waals surface area (Å²) >= 11 is 6.03. The smallest absolute Gasteiger partial charge is 0.335 e. The van der Waals surface area contributed by atoms with Crippen LogP contribution in [-0.2, 0) is 4.79 Å². The molecule has 0 bridgehead atoms. The Morgan fingerprint density at radius 1 is 1.43 bits per heavy atom. The first-order chi connectivity index (χ1) is 9.81. The number of carbonyl (C=O) groups is 2. The van der Waals surface area contributed by atoms with Crippen molar-refractivity contribution in [1.82, 2.24) is 5.32 Å². The van der Waals surface area contributed by atoms with E-state index < -0.39 is 5.97 Å². The first-order valence-corrected chi connectivity index (χ1v) is 7.26. The van der Waals surface area contributed by atoms with Crippen LogP contribution in [-0.4, -0.2) is 29.6 Å². The largest absolute Gasteiger partial charge is 0.478 e. The fourth-order valence-electron chi connectivity index (χ4n) is 2.62. The average molecular weight is 311 g/mol. The van der Waals surface area contributed by atoms with Crippen LogP contribution in [0.5, 0.6) is 0 Å². The highest BCUT2D eigenvalue weighted by Crippen LogP contribution is 2.31. The quantitative estimate of drug-likeness (QED) is 0.802. The molecule has 1 aromatic rings. The van der Waals surface area contributed by atoms with Gasteiger partial charge in [0.25, 0.3) is 0 Å². The van der Waals surface area contributed by atoms with Crippen LogP contribution >= 0.6 is 11.6 Å². The highest BCUT2D eigenvalue weighted by Gasteiger charge is 2.37. The van der Waals surface area contributed by atoms with Gasteiger partial charge in [-0.05, 0) is 43.0 Å². The monoisotopic (exact) mass is 310 g/mol.